The molecular weight excluding hydrogens is 420 g/mol. The number of carbonyl (C=O) groups is 1. The normalized spacial score (nSPS) is 11.4. The van der Waals surface area contributed by atoms with Crippen LogP contribution >= 0.6 is 11.8 Å². The molecule has 1 amide bonds. The number of sulfonamides is 1. The first kappa shape index (κ1) is 24.1. The van der Waals surface area contributed by atoms with Gasteiger partial charge in [0.25, 0.3) is 0 Å². The lowest BCUT2D eigenvalue weighted by molar-refractivity contribution is -0.119. The first-order valence-electron chi connectivity index (χ1n) is 9.79. The molecule has 2 rings (SSSR count). The minimum Gasteiger partial charge on any atom is -0.491 e. The van der Waals surface area contributed by atoms with Crippen molar-refractivity contribution in [3.05, 3.63) is 59.7 Å². The monoisotopic (exact) mass is 450 g/mol. The Balaban J connectivity index is 1.85. The lowest BCUT2D eigenvalue weighted by Crippen LogP contribution is -2.41. The van der Waals surface area contributed by atoms with E-state index in [0.717, 1.165) is 22.1 Å². The number of thioether (sulfide) groups is 1. The van der Waals surface area contributed by atoms with E-state index in [1.807, 2.05) is 19.9 Å². The average Bonchev–Trinajstić information content (AvgIpc) is 2.65. The second kappa shape index (κ2) is 11.3. The predicted molar refractivity (Wildman–Crippen MR) is 125 cm³/mol. The van der Waals surface area contributed by atoms with Crippen LogP contribution in [0.2, 0.25) is 0 Å². The second-order valence-electron chi connectivity index (χ2n) is 7.32. The molecule has 0 atom stereocenters. The zero-order valence-corrected chi connectivity index (χ0v) is 19.6. The molecule has 1 N–H and O–H groups in total. The summed E-state index contributed by atoms with van der Waals surface area (Å²) in [7, 11) is -3.60. The van der Waals surface area contributed by atoms with Gasteiger partial charge in [-0.25, -0.2) is 8.42 Å². The van der Waals surface area contributed by atoms with Crippen LogP contribution in [0.4, 0.5) is 5.69 Å². The van der Waals surface area contributed by atoms with Crippen molar-refractivity contribution < 1.29 is 17.9 Å². The number of rotatable bonds is 11. The van der Waals surface area contributed by atoms with E-state index in [-0.39, 0.29) is 18.6 Å². The molecule has 2 aromatic rings. The molecule has 6 nitrogen and oxygen atoms in total. The zero-order chi connectivity index (χ0) is 22.1. The van der Waals surface area contributed by atoms with Crippen LogP contribution in [-0.4, -0.2) is 45.5 Å². The number of aryl methyl sites for hydroxylation is 1. The fourth-order valence-electron chi connectivity index (χ4n) is 2.80. The van der Waals surface area contributed by atoms with Crippen molar-refractivity contribution in [3.63, 3.8) is 0 Å². The predicted octanol–water partition coefficient (Wildman–Crippen LogP) is 3.60. The number of benzene rings is 2. The molecule has 0 aliphatic rings. The van der Waals surface area contributed by atoms with Crippen molar-refractivity contribution >= 4 is 33.4 Å². The van der Waals surface area contributed by atoms with Crippen LogP contribution in [0.15, 0.2) is 48.5 Å². The molecular formula is C22H30N2O4S2. The van der Waals surface area contributed by atoms with Gasteiger partial charge in [-0.1, -0.05) is 29.8 Å². The van der Waals surface area contributed by atoms with Gasteiger partial charge in [-0.2, -0.15) is 11.8 Å². The van der Waals surface area contributed by atoms with E-state index in [1.54, 1.807) is 36.0 Å². The fraction of sp³-hybridized carbons (Fsp3) is 0.409. The van der Waals surface area contributed by atoms with E-state index in [2.05, 4.69) is 30.4 Å². The molecule has 8 heteroatoms. The minimum absolute atomic E-state index is 0.0245. The van der Waals surface area contributed by atoms with Gasteiger partial charge in [0.2, 0.25) is 15.9 Å². The van der Waals surface area contributed by atoms with Gasteiger partial charge in [-0.15, -0.1) is 0 Å². The average molecular weight is 451 g/mol. The summed E-state index contributed by atoms with van der Waals surface area (Å²) in [5, 5.41) is 2.80. The van der Waals surface area contributed by atoms with Crippen LogP contribution in [0, 0.1) is 6.92 Å². The maximum Gasteiger partial charge on any atom is 0.240 e. The summed E-state index contributed by atoms with van der Waals surface area (Å²) in [4.78, 5) is 12.3. The smallest absolute Gasteiger partial charge is 0.240 e. The van der Waals surface area contributed by atoms with E-state index >= 15 is 0 Å². The summed E-state index contributed by atoms with van der Waals surface area (Å²) in [6, 6.07) is 15.0. The van der Waals surface area contributed by atoms with Crippen LogP contribution in [0.1, 0.15) is 25.0 Å². The highest BCUT2D eigenvalue weighted by atomic mass is 32.2. The summed E-state index contributed by atoms with van der Waals surface area (Å²) >= 11 is 1.72. The van der Waals surface area contributed by atoms with Crippen LogP contribution in [-0.2, 0) is 20.6 Å². The second-order valence-corrected chi connectivity index (χ2v) is 10.3. The molecule has 0 unspecified atom stereocenters. The molecule has 0 heterocycles. The Morgan fingerprint density at radius 2 is 1.87 bits per heavy atom. The highest BCUT2D eigenvalue weighted by molar-refractivity contribution is 7.98. The SMILES string of the molecule is Cc1cccc(CSCCNC(=O)CN(c2ccc(OC(C)C)cc2)S(C)(=O)=O)c1. The van der Waals surface area contributed by atoms with E-state index in [0.29, 0.717) is 18.0 Å². The molecule has 0 bridgehead atoms. The molecule has 0 saturated carbocycles. The standard InChI is InChI=1S/C22H30N2O4S2/c1-17(2)28-21-10-8-20(9-11-21)24(30(4,26)27)15-22(25)23-12-13-29-16-19-7-5-6-18(3)14-19/h5-11,14,17H,12-13,15-16H2,1-4H3,(H,23,25). The van der Waals surface area contributed by atoms with Crippen LogP contribution < -0.4 is 14.4 Å². The Morgan fingerprint density at radius 3 is 2.47 bits per heavy atom. The number of ether oxygens (including phenoxy) is 1. The molecule has 30 heavy (non-hydrogen) atoms. The molecule has 0 fully saturated rings. The molecule has 0 spiro atoms. The number of nitrogens with one attached hydrogen (secondary N) is 1. The van der Waals surface area contributed by atoms with Crippen molar-refractivity contribution in [3.8, 4) is 5.75 Å². The maximum absolute atomic E-state index is 12.3. The number of anilines is 1. The topological polar surface area (TPSA) is 75.7 Å². The first-order valence-corrected chi connectivity index (χ1v) is 12.8. The van der Waals surface area contributed by atoms with Crippen molar-refractivity contribution in [2.75, 3.05) is 29.4 Å². The minimum atomic E-state index is -3.60. The van der Waals surface area contributed by atoms with E-state index in [1.165, 1.54) is 11.1 Å². The molecule has 0 saturated heterocycles. The van der Waals surface area contributed by atoms with Gasteiger partial charge in [0, 0.05) is 18.1 Å². The van der Waals surface area contributed by atoms with E-state index < -0.39 is 10.0 Å². The third-order valence-corrected chi connectivity index (χ3v) is 6.27. The molecule has 2 aromatic carbocycles. The third-order valence-electron chi connectivity index (χ3n) is 4.10. The Kier molecular flexibility index (Phi) is 9.05. The summed E-state index contributed by atoms with van der Waals surface area (Å²) in [6.45, 7) is 6.12. The van der Waals surface area contributed by atoms with Crippen molar-refractivity contribution in [1.29, 1.82) is 0 Å². The Hall–Kier alpha value is -2.19. The van der Waals surface area contributed by atoms with Crippen molar-refractivity contribution in [2.24, 2.45) is 0 Å². The number of amides is 1. The van der Waals surface area contributed by atoms with Gasteiger partial charge in [0.1, 0.15) is 12.3 Å². The Labute approximate surface area is 184 Å². The van der Waals surface area contributed by atoms with E-state index in [9.17, 15) is 13.2 Å². The highest BCUT2D eigenvalue weighted by Crippen LogP contribution is 2.22. The molecule has 164 valence electrons. The maximum atomic E-state index is 12.3. The van der Waals surface area contributed by atoms with Crippen molar-refractivity contribution in [1.82, 2.24) is 5.32 Å². The number of hydrogen-bond donors (Lipinski definition) is 1. The summed E-state index contributed by atoms with van der Waals surface area (Å²) in [6.07, 6.45) is 1.12. The highest BCUT2D eigenvalue weighted by Gasteiger charge is 2.20. The molecule has 0 radical (unpaired) electrons. The largest absolute Gasteiger partial charge is 0.491 e. The lowest BCUT2D eigenvalue weighted by atomic mass is 10.2. The lowest BCUT2D eigenvalue weighted by Gasteiger charge is -2.22. The summed E-state index contributed by atoms with van der Waals surface area (Å²) in [5.74, 6) is 1.94. The number of nitrogens with zero attached hydrogens (tertiary/aromatic N) is 1. The van der Waals surface area contributed by atoms with Crippen molar-refractivity contribution in [2.45, 2.75) is 32.6 Å². The van der Waals surface area contributed by atoms with Gasteiger partial charge < -0.3 is 10.1 Å². The van der Waals surface area contributed by atoms with Crippen LogP contribution in [0.3, 0.4) is 0 Å². The summed E-state index contributed by atoms with van der Waals surface area (Å²) < 4.78 is 31.1. The summed E-state index contributed by atoms with van der Waals surface area (Å²) in [5.41, 5.74) is 2.91. The number of hydrogen-bond acceptors (Lipinski definition) is 5. The van der Waals surface area contributed by atoms with Gasteiger partial charge in [-0.05, 0) is 50.6 Å². The van der Waals surface area contributed by atoms with Gasteiger partial charge >= 0.3 is 0 Å². The van der Waals surface area contributed by atoms with Gasteiger partial charge in [0.05, 0.1) is 18.0 Å². The van der Waals surface area contributed by atoms with Crippen LogP contribution in [0.25, 0.3) is 0 Å². The quantitative estimate of drug-likeness (QED) is 0.530. The third kappa shape index (κ3) is 8.28. The van der Waals surface area contributed by atoms with Gasteiger partial charge in [0.15, 0.2) is 0 Å². The molecule has 0 aromatic heterocycles. The molecule has 0 aliphatic heterocycles. The Morgan fingerprint density at radius 1 is 1.17 bits per heavy atom. The van der Waals surface area contributed by atoms with E-state index in [4.69, 9.17) is 4.74 Å². The van der Waals surface area contributed by atoms with Gasteiger partial charge in [-0.3, -0.25) is 9.10 Å². The fourth-order valence-corrected chi connectivity index (χ4v) is 4.47. The molecule has 0 aliphatic carbocycles. The first-order chi connectivity index (χ1) is 14.1. The van der Waals surface area contributed by atoms with Crippen LogP contribution in [0.5, 0.6) is 5.75 Å². The number of carbonyl (C=O) groups excluding carboxylic acids is 1. The zero-order valence-electron chi connectivity index (χ0n) is 17.9. The Bertz CT molecular complexity index is 928.